The summed E-state index contributed by atoms with van der Waals surface area (Å²) in [5, 5.41) is 6.40. The maximum absolute atomic E-state index is 14.4. The van der Waals surface area contributed by atoms with Crippen LogP contribution in [0.4, 0.5) is 28.9 Å². The molecule has 6 rings (SSSR count). The molecule has 1 atom stereocenters. The third-order valence-corrected chi connectivity index (χ3v) is 9.19. The van der Waals surface area contributed by atoms with Gasteiger partial charge in [0.1, 0.15) is 16.6 Å². The van der Waals surface area contributed by atoms with Crippen molar-refractivity contribution in [2.75, 3.05) is 10.6 Å². The summed E-state index contributed by atoms with van der Waals surface area (Å²) < 4.78 is 56.5. The van der Waals surface area contributed by atoms with Crippen molar-refractivity contribution in [3.63, 3.8) is 0 Å². The summed E-state index contributed by atoms with van der Waals surface area (Å²) in [5.41, 5.74) is 2.60. The van der Waals surface area contributed by atoms with Crippen molar-refractivity contribution in [1.29, 1.82) is 0 Å². The smallest absolute Gasteiger partial charge is 0.272 e. The van der Waals surface area contributed by atoms with E-state index in [9.17, 15) is 31.9 Å². The number of anilines is 2. The first-order valence-electron chi connectivity index (χ1n) is 16.2. The molecule has 6 aromatic carbocycles. The Morgan fingerprint density at radius 2 is 1.15 bits per heavy atom. The standard InChI is InChI=1S/C42H29F4N3O3S/c43-33-25-34(44)37(46)38(36(33)45)49-42(52)39(29-12-6-2-7-13-29)53-32-22-20-31(21-23-32)47-41(51)35(48-40(50)30-14-8-3-9-15-30)24-26-16-18-28(19-17-26)27-10-4-1-5-11-27/h1-25,39H,(H,47,51)(H,48,50)(H,49,52)/b35-24-. The Balaban J connectivity index is 1.21. The summed E-state index contributed by atoms with van der Waals surface area (Å²) in [6.07, 6.45) is 1.56. The summed E-state index contributed by atoms with van der Waals surface area (Å²) in [6.45, 7) is 0. The van der Waals surface area contributed by atoms with E-state index in [0.717, 1.165) is 22.9 Å². The molecule has 0 aliphatic carbocycles. The Hall–Kier alpha value is -6.46. The van der Waals surface area contributed by atoms with Crippen molar-refractivity contribution in [3.05, 3.63) is 191 Å². The van der Waals surface area contributed by atoms with Crippen molar-refractivity contribution in [2.45, 2.75) is 10.1 Å². The number of nitrogens with one attached hydrogen (secondary N) is 3. The first-order chi connectivity index (χ1) is 25.7. The minimum Gasteiger partial charge on any atom is -0.321 e. The number of hydrogen-bond acceptors (Lipinski definition) is 4. The van der Waals surface area contributed by atoms with E-state index < -0.39 is 51.9 Å². The molecule has 6 nitrogen and oxygen atoms in total. The number of carbonyl (C=O) groups excluding carboxylic acids is 3. The molecular formula is C42H29F4N3O3S. The molecule has 11 heteroatoms. The van der Waals surface area contributed by atoms with E-state index in [2.05, 4.69) is 10.6 Å². The quantitative estimate of drug-likeness (QED) is 0.0536. The minimum absolute atomic E-state index is 0.0150. The van der Waals surface area contributed by atoms with E-state index in [0.29, 0.717) is 27.3 Å². The molecule has 0 heterocycles. The van der Waals surface area contributed by atoms with Crippen molar-refractivity contribution in [1.82, 2.24) is 5.32 Å². The van der Waals surface area contributed by atoms with Crippen molar-refractivity contribution in [3.8, 4) is 11.1 Å². The van der Waals surface area contributed by atoms with Crippen LogP contribution < -0.4 is 16.0 Å². The summed E-state index contributed by atoms with van der Waals surface area (Å²) in [6, 6.07) is 40.5. The summed E-state index contributed by atoms with van der Waals surface area (Å²) in [7, 11) is 0. The molecule has 0 spiro atoms. The van der Waals surface area contributed by atoms with Crippen molar-refractivity contribution >= 4 is 46.9 Å². The highest BCUT2D eigenvalue weighted by atomic mass is 32.2. The highest BCUT2D eigenvalue weighted by Crippen LogP contribution is 2.37. The highest BCUT2D eigenvalue weighted by Gasteiger charge is 2.27. The number of hydrogen-bond donors (Lipinski definition) is 3. The van der Waals surface area contributed by atoms with Gasteiger partial charge in [0.25, 0.3) is 11.8 Å². The maximum Gasteiger partial charge on any atom is 0.272 e. The van der Waals surface area contributed by atoms with Gasteiger partial charge in [0.15, 0.2) is 23.3 Å². The van der Waals surface area contributed by atoms with Gasteiger partial charge in [-0.2, -0.15) is 0 Å². The Morgan fingerprint density at radius 1 is 0.604 bits per heavy atom. The van der Waals surface area contributed by atoms with Crippen LogP contribution in [-0.2, 0) is 9.59 Å². The second kappa shape index (κ2) is 16.7. The van der Waals surface area contributed by atoms with Crippen molar-refractivity contribution < 1.29 is 31.9 Å². The van der Waals surface area contributed by atoms with Gasteiger partial charge in [-0.1, -0.05) is 103 Å². The van der Waals surface area contributed by atoms with Gasteiger partial charge in [-0.25, -0.2) is 17.6 Å². The number of amides is 3. The molecule has 0 aromatic heterocycles. The SMILES string of the molecule is O=C(Nc1ccc(SC(C(=O)Nc2c(F)c(F)cc(F)c2F)c2ccccc2)cc1)/C(=C/c1ccc(-c2ccccc2)cc1)NC(=O)c1ccccc1. The monoisotopic (exact) mass is 731 g/mol. The van der Waals surface area contributed by atoms with Crippen LogP contribution in [0.1, 0.15) is 26.7 Å². The van der Waals surface area contributed by atoms with Crippen molar-refractivity contribution in [2.24, 2.45) is 0 Å². The Bertz CT molecular complexity index is 2250. The fourth-order valence-corrected chi connectivity index (χ4v) is 6.26. The molecule has 264 valence electrons. The lowest BCUT2D eigenvalue weighted by Crippen LogP contribution is -2.30. The average Bonchev–Trinajstić information content (AvgIpc) is 3.19. The lowest BCUT2D eigenvalue weighted by molar-refractivity contribution is -0.116. The minimum atomic E-state index is -1.73. The molecular weight excluding hydrogens is 703 g/mol. The molecule has 3 amide bonds. The Morgan fingerprint density at radius 3 is 1.75 bits per heavy atom. The van der Waals surface area contributed by atoms with E-state index in [1.807, 2.05) is 59.9 Å². The van der Waals surface area contributed by atoms with Crippen LogP contribution in [0.25, 0.3) is 17.2 Å². The molecule has 53 heavy (non-hydrogen) atoms. The number of carbonyl (C=O) groups is 3. The number of halogens is 4. The highest BCUT2D eigenvalue weighted by molar-refractivity contribution is 8.00. The van der Waals surface area contributed by atoms with E-state index in [4.69, 9.17) is 0 Å². The lowest BCUT2D eigenvalue weighted by atomic mass is 10.0. The lowest BCUT2D eigenvalue weighted by Gasteiger charge is -2.18. The van der Waals surface area contributed by atoms with Gasteiger partial charge in [0.2, 0.25) is 5.91 Å². The van der Waals surface area contributed by atoms with Crippen LogP contribution >= 0.6 is 11.8 Å². The molecule has 0 aliphatic heterocycles. The Kier molecular flexibility index (Phi) is 11.5. The zero-order valence-electron chi connectivity index (χ0n) is 27.7. The number of thioether (sulfide) groups is 1. The topological polar surface area (TPSA) is 87.3 Å². The number of rotatable bonds is 11. The van der Waals surface area contributed by atoms with Gasteiger partial charge < -0.3 is 16.0 Å². The fraction of sp³-hybridized carbons (Fsp3) is 0.0238. The second-order valence-electron chi connectivity index (χ2n) is 11.6. The maximum atomic E-state index is 14.4. The van der Waals surface area contributed by atoms with Crippen LogP contribution in [0, 0.1) is 23.3 Å². The number of benzene rings is 6. The molecule has 3 N–H and O–H groups in total. The van der Waals surface area contributed by atoms with Crippen LogP contribution in [0.15, 0.2) is 156 Å². The van der Waals surface area contributed by atoms with Gasteiger partial charge in [0, 0.05) is 22.2 Å². The molecule has 0 saturated heterocycles. The van der Waals surface area contributed by atoms with E-state index in [-0.39, 0.29) is 11.8 Å². The third-order valence-electron chi connectivity index (χ3n) is 7.92. The predicted octanol–water partition coefficient (Wildman–Crippen LogP) is 9.79. The van der Waals surface area contributed by atoms with Crippen LogP contribution in [-0.4, -0.2) is 17.7 Å². The normalized spacial score (nSPS) is 11.7. The zero-order chi connectivity index (χ0) is 37.3. The zero-order valence-corrected chi connectivity index (χ0v) is 28.5. The van der Waals surface area contributed by atoms with E-state index in [1.54, 1.807) is 91.0 Å². The molecule has 0 radical (unpaired) electrons. The van der Waals surface area contributed by atoms with Gasteiger partial charge in [0.05, 0.1) is 0 Å². The van der Waals surface area contributed by atoms with E-state index in [1.165, 1.54) is 0 Å². The first-order valence-corrected chi connectivity index (χ1v) is 17.0. The molecule has 0 saturated carbocycles. The van der Waals surface area contributed by atoms with Crippen LogP contribution in [0.2, 0.25) is 0 Å². The fourth-order valence-electron chi connectivity index (χ4n) is 5.24. The molecule has 0 aliphatic rings. The van der Waals surface area contributed by atoms with Crippen LogP contribution in [0.3, 0.4) is 0 Å². The third kappa shape index (κ3) is 9.07. The second-order valence-corrected chi connectivity index (χ2v) is 12.8. The summed E-state index contributed by atoms with van der Waals surface area (Å²) in [4.78, 5) is 40.6. The van der Waals surface area contributed by atoms with Gasteiger partial charge >= 0.3 is 0 Å². The van der Waals surface area contributed by atoms with E-state index >= 15 is 0 Å². The molecule has 6 aromatic rings. The van der Waals surface area contributed by atoms with Gasteiger partial charge in [-0.05, 0) is 64.7 Å². The predicted molar refractivity (Wildman–Crippen MR) is 199 cm³/mol. The summed E-state index contributed by atoms with van der Waals surface area (Å²) >= 11 is 1.00. The molecule has 0 fully saturated rings. The largest absolute Gasteiger partial charge is 0.321 e. The average molecular weight is 732 g/mol. The van der Waals surface area contributed by atoms with Gasteiger partial charge in [-0.3, -0.25) is 14.4 Å². The van der Waals surface area contributed by atoms with Gasteiger partial charge in [-0.15, -0.1) is 11.8 Å². The van der Waals surface area contributed by atoms with Crippen LogP contribution in [0.5, 0.6) is 0 Å². The molecule has 0 bridgehead atoms. The molecule has 1 unspecified atom stereocenters. The first kappa shape index (κ1) is 36.3. The summed E-state index contributed by atoms with van der Waals surface area (Å²) in [5.74, 6) is -8.78. The Labute approximate surface area is 306 Å².